The highest BCUT2D eigenvalue weighted by Crippen LogP contribution is 2.23. The van der Waals surface area contributed by atoms with Gasteiger partial charge in [0, 0.05) is 29.7 Å². The lowest BCUT2D eigenvalue weighted by Crippen LogP contribution is -2.40. The summed E-state index contributed by atoms with van der Waals surface area (Å²) in [5.41, 5.74) is 0.569. The van der Waals surface area contributed by atoms with Crippen LogP contribution in [0.2, 0.25) is 0 Å². The molecule has 0 aliphatic carbocycles. The zero-order chi connectivity index (χ0) is 13.7. The van der Waals surface area contributed by atoms with Gasteiger partial charge in [-0.15, -0.1) is 0 Å². The molecular formula is C11H14BrN3O3. The Labute approximate surface area is 113 Å². The van der Waals surface area contributed by atoms with Gasteiger partial charge in [-0.1, -0.05) is 15.9 Å². The molecule has 0 saturated carbocycles. The molecular weight excluding hydrogens is 302 g/mol. The predicted molar refractivity (Wildman–Crippen MR) is 71.2 cm³/mol. The van der Waals surface area contributed by atoms with Crippen molar-refractivity contribution in [2.24, 2.45) is 0 Å². The second-order valence-corrected chi connectivity index (χ2v) is 4.66. The van der Waals surface area contributed by atoms with Crippen LogP contribution in [0.3, 0.4) is 0 Å². The molecule has 0 radical (unpaired) electrons. The van der Waals surface area contributed by atoms with E-state index < -0.39 is 11.0 Å². The Bertz CT molecular complexity index is 465. The first kappa shape index (κ1) is 14.6. The Hall–Kier alpha value is -1.47. The third-order valence-electron chi connectivity index (χ3n) is 2.48. The van der Waals surface area contributed by atoms with Crippen LogP contribution in [-0.2, 0) is 11.3 Å². The van der Waals surface area contributed by atoms with Crippen molar-refractivity contribution in [1.82, 2.24) is 10.6 Å². The fraction of sp³-hybridized carbons (Fsp3) is 0.364. The molecule has 0 aliphatic rings. The number of hydrogen-bond acceptors (Lipinski definition) is 4. The summed E-state index contributed by atoms with van der Waals surface area (Å²) < 4.78 is 0.650. The molecule has 0 saturated heterocycles. The van der Waals surface area contributed by atoms with E-state index in [0.717, 1.165) is 0 Å². The van der Waals surface area contributed by atoms with Crippen molar-refractivity contribution >= 4 is 27.5 Å². The van der Waals surface area contributed by atoms with E-state index in [-0.39, 0.29) is 18.1 Å². The molecule has 0 spiro atoms. The van der Waals surface area contributed by atoms with Gasteiger partial charge in [0.25, 0.3) is 5.69 Å². The fourth-order valence-corrected chi connectivity index (χ4v) is 1.78. The minimum atomic E-state index is -0.438. The van der Waals surface area contributed by atoms with Crippen molar-refractivity contribution in [2.75, 3.05) is 7.05 Å². The molecule has 2 N–H and O–H groups in total. The maximum atomic E-state index is 11.3. The van der Waals surface area contributed by atoms with Gasteiger partial charge in [0.2, 0.25) is 5.91 Å². The molecule has 0 aliphatic heterocycles. The molecule has 1 amide bonds. The molecule has 1 atom stereocenters. The molecule has 0 aromatic heterocycles. The topological polar surface area (TPSA) is 84.3 Å². The number of benzene rings is 1. The molecule has 1 aromatic carbocycles. The standard InChI is InChI=1S/C11H14BrN3O3/c1-7(11(16)13-2)14-6-8-3-4-9(12)5-10(8)15(17)18/h3-5,7,14H,6H2,1-2H3,(H,13,16). The van der Waals surface area contributed by atoms with Crippen LogP contribution in [0.4, 0.5) is 5.69 Å². The summed E-state index contributed by atoms with van der Waals surface area (Å²) in [6, 6.07) is 4.43. The minimum Gasteiger partial charge on any atom is -0.358 e. The second kappa shape index (κ2) is 6.46. The Kier molecular flexibility index (Phi) is 5.24. The summed E-state index contributed by atoms with van der Waals surface area (Å²) in [5, 5.41) is 16.3. The average Bonchev–Trinajstić information content (AvgIpc) is 2.35. The smallest absolute Gasteiger partial charge is 0.275 e. The Morgan fingerprint density at radius 3 is 2.78 bits per heavy atom. The van der Waals surface area contributed by atoms with E-state index in [1.54, 1.807) is 26.1 Å². The van der Waals surface area contributed by atoms with Gasteiger partial charge in [-0.3, -0.25) is 14.9 Å². The lowest BCUT2D eigenvalue weighted by Gasteiger charge is -2.12. The number of carbonyl (C=O) groups is 1. The highest BCUT2D eigenvalue weighted by atomic mass is 79.9. The Balaban J connectivity index is 2.79. The largest absolute Gasteiger partial charge is 0.358 e. The molecule has 6 nitrogen and oxygen atoms in total. The number of likely N-dealkylation sites (N-methyl/N-ethyl adjacent to an activating group) is 1. The normalized spacial score (nSPS) is 11.9. The first-order valence-corrected chi connectivity index (χ1v) is 6.12. The number of rotatable bonds is 5. The van der Waals surface area contributed by atoms with Crippen molar-refractivity contribution in [3.8, 4) is 0 Å². The number of hydrogen-bond donors (Lipinski definition) is 2. The first-order chi connectivity index (χ1) is 8.45. The van der Waals surface area contributed by atoms with Crippen LogP contribution >= 0.6 is 15.9 Å². The van der Waals surface area contributed by atoms with Crippen LogP contribution in [-0.4, -0.2) is 23.9 Å². The summed E-state index contributed by atoms with van der Waals surface area (Å²) in [4.78, 5) is 21.7. The lowest BCUT2D eigenvalue weighted by molar-refractivity contribution is -0.385. The molecule has 0 fully saturated rings. The molecule has 0 heterocycles. The van der Waals surface area contributed by atoms with E-state index in [2.05, 4.69) is 26.6 Å². The van der Waals surface area contributed by atoms with Gasteiger partial charge in [-0.2, -0.15) is 0 Å². The summed E-state index contributed by atoms with van der Waals surface area (Å²) in [5.74, 6) is -0.158. The number of nitrogens with zero attached hydrogens (tertiary/aromatic N) is 1. The predicted octanol–water partition coefficient (Wildman–Crippen LogP) is 1.58. The van der Waals surface area contributed by atoms with Crippen molar-refractivity contribution in [3.05, 3.63) is 38.3 Å². The summed E-state index contributed by atoms with van der Waals surface area (Å²) in [7, 11) is 1.54. The van der Waals surface area contributed by atoms with Gasteiger partial charge >= 0.3 is 0 Å². The van der Waals surface area contributed by atoms with Gasteiger partial charge in [0.05, 0.1) is 11.0 Å². The van der Waals surface area contributed by atoms with Crippen LogP contribution < -0.4 is 10.6 Å². The maximum Gasteiger partial charge on any atom is 0.275 e. The quantitative estimate of drug-likeness (QED) is 0.638. The average molecular weight is 316 g/mol. The fourth-order valence-electron chi connectivity index (χ4n) is 1.43. The van der Waals surface area contributed by atoms with Gasteiger partial charge < -0.3 is 10.6 Å². The Morgan fingerprint density at radius 1 is 1.56 bits per heavy atom. The maximum absolute atomic E-state index is 11.3. The number of nitro benzene ring substituents is 1. The van der Waals surface area contributed by atoms with E-state index in [1.807, 2.05) is 0 Å². The van der Waals surface area contributed by atoms with Gasteiger partial charge in [0.1, 0.15) is 0 Å². The number of carbonyl (C=O) groups excluding carboxylic acids is 1. The van der Waals surface area contributed by atoms with E-state index in [9.17, 15) is 14.9 Å². The molecule has 98 valence electrons. The summed E-state index contributed by atoms with van der Waals surface area (Å²) in [6.07, 6.45) is 0. The molecule has 1 rings (SSSR count). The van der Waals surface area contributed by atoms with Crippen LogP contribution in [0, 0.1) is 10.1 Å². The summed E-state index contributed by atoms with van der Waals surface area (Å²) >= 11 is 3.19. The molecule has 1 aromatic rings. The highest BCUT2D eigenvalue weighted by molar-refractivity contribution is 9.10. The van der Waals surface area contributed by atoms with Crippen molar-refractivity contribution in [1.29, 1.82) is 0 Å². The number of halogens is 1. The van der Waals surface area contributed by atoms with E-state index in [1.165, 1.54) is 6.07 Å². The van der Waals surface area contributed by atoms with E-state index >= 15 is 0 Å². The SMILES string of the molecule is CNC(=O)C(C)NCc1ccc(Br)cc1[N+](=O)[O-]. The van der Waals surface area contributed by atoms with Crippen LogP contribution in [0.1, 0.15) is 12.5 Å². The number of nitrogens with one attached hydrogen (secondary N) is 2. The number of nitro groups is 1. The zero-order valence-electron chi connectivity index (χ0n) is 10.1. The molecule has 18 heavy (non-hydrogen) atoms. The van der Waals surface area contributed by atoms with Gasteiger partial charge in [-0.05, 0) is 19.1 Å². The van der Waals surface area contributed by atoms with Crippen LogP contribution in [0.5, 0.6) is 0 Å². The van der Waals surface area contributed by atoms with Crippen LogP contribution in [0.15, 0.2) is 22.7 Å². The monoisotopic (exact) mass is 315 g/mol. The lowest BCUT2D eigenvalue weighted by atomic mass is 10.1. The highest BCUT2D eigenvalue weighted by Gasteiger charge is 2.16. The minimum absolute atomic E-state index is 0.0287. The molecule has 1 unspecified atom stereocenters. The van der Waals surface area contributed by atoms with E-state index in [0.29, 0.717) is 10.0 Å². The second-order valence-electron chi connectivity index (χ2n) is 3.75. The number of amides is 1. The van der Waals surface area contributed by atoms with Gasteiger partial charge in [-0.25, -0.2) is 0 Å². The van der Waals surface area contributed by atoms with E-state index in [4.69, 9.17) is 0 Å². The zero-order valence-corrected chi connectivity index (χ0v) is 11.7. The van der Waals surface area contributed by atoms with Crippen molar-refractivity contribution < 1.29 is 9.72 Å². The van der Waals surface area contributed by atoms with Crippen molar-refractivity contribution in [3.63, 3.8) is 0 Å². The molecule has 7 heteroatoms. The first-order valence-electron chi connectivity index (χ1n) is 5.33. The van der Waals surface area contributed by atoms with Crippen LogP contribution in [0.25, 0.3) is 0 Å². The van der Waals surface area contributed by atoms with Gasteiger partial charge in [0.15, 0.2) is 0 Å². The van der Waals surface area contributed by atoms with Crippen molar-refractivity contribution in [2.45, 2.75) is 19.5 Å². The summed E-state index contributed by atoms with van der Waals surface area (Å²) in [6.45, 7) is 1.96. The third-order valence-corrected chi connectivity index (χ3v) is 2.98. The Morgan fingerprint density at radius 2 is 2.22 bits per heavy atom. The molecule has 0 bridgehead atoms. The third kappa shape index (κ3) is 3.78.